The fourth-order valence-corrected chi connectivity index (χ4v) is 3.50. The Balaban J connectivity index is 1.54. The lowest BCUT2D eigenvalue weighted by Gasteiger charge is -2.13. The highest BCUT2D eigenvalue weighted by molar-refractivity contribution is 6.01. The van der Waals surface area contributed by atoms with Crippen LogP contribution in [0.15, 0.2) is 65.7 Å². The minimum atomic E-state index is -0.545. The van der Waals surface area contributed by atoms with Crippen molar-refractivity contribution in [2.45, 2.75) is 6.54 Å². The molecule has 172 valence electrons. The molecule has 10 heteroatoms. The van der Waals surface area contributed by atoms with Crippen molar-refractivity contribution >= 4 is 34.5 Å². The molecule has 0 bridgehead atoms. The standard InChI is InChI=1S/C24H23N7O3/c1-26-23(33)19-20(32)17-9-10-18(30-22(17)31(2)21(19)25)15-5-7-16(8-6-15)29-24(34)28-13-14-4-3-11-27-12-14/h3-12H,13,25H2,1-2H3,(H,26,33)(H2,28,29,34). The summed E-state index contributed by atoms with van der Waals surface area (Å²) in [6.45, 7) is 0.363. The third kappa shape index (κ3) is 4.42. The first-order chi connectivity index (χ1) is 16.4. The van der Waals surface area contributed by atoms with Crippen LogP contribution in [0.1, 0.15) is 15.9 Å². The number of hydrogen-bond acceptors (Lipinski definition) is 6. The van der Waals surface area contributed by atoms with Crippen molar-refractivity contribution in [3.8, 4) is 11.3 Å². The Bertz CT molecular complexity index is 1430. The summed E-state index contributed by atoms with van der Waals surface area (Å²) in [4.78, 5) is 45.7. The molecular weight excluding hydrogens is 434 g/mol. The number of hydrogen-bond donors (Lipinski definition) is 4. The number of carbonyl (C=O) groups excluding carboxylic acids is 2. The summed E-state index contributed by atoms with van der Waals surface area (Å²) in [6, 6.07) is 13.8. The van der Waals surface area contributed by atoms with Crippen LogP contribution in [0.2, 0.25) is 0 Å². The number of fused-ring (bicyclic) bond motifs is 1. The number of rotatable bonds is 5. The van der Waals surface area contributed by atoms with Gasteiger partial charge in [-0.2, -0.15) is 0 Å². The zero-order valence-electron chi connectivity index (χ0n) is 18.6. The lowest BCUT2D eigenvalue weighted by Crippen LogP contribution is -2.29. The first-order valence-corrected chi connectivity index (χ1v) is 10.4. The van der Waals surface area contributed by atoms with E-state index in [9.17, 15) is 14.4 Å². The van der Waals surface area contributed by atoms with Gasteiger partial charge in [0.1, 0.15) is 17.0 Å². The Morgan fingerprint density at radius 2 is 1.85 bits per heavy atom. The maximum absolute atomic E-state index is 12.8. The number of nitrogen functional groups attached to an aromatic ring is 1. The summed E-state index contributed by atoms with van der Waals surface area (Å²) in [5.74, 6) is -0.505. The van der Waals surface area contributed by atoms with Crippen LogP contribution in [-0.2, 0) is 13.6 Å². The number of nitrogens with one attached hydrogen (secondary N) is 3. The summed E-state index contributed by atoms with van der Waals surface area (Å²) in [7, 11) is 3.09. The molecule has 0 fully saturated rings. The summed E-state index contributed by atoms with van der Waals surface area (Å²) in [6.07, 6.45) is 3.36. The third-order valence-corrected chi connectivity index (χ3v) is 5.35. The Hall–Kier alpha value is -4.73. The molecule has 0 saturated carbocycles. The van der Waals surface area contributed by atoms with E-state index in [0.29, 0.717) is 29.0 Å². The largest absolute Gasteiger partial charge is 0.384 e. The predicted octanol–water partition coefficient (Wildman–Crippen LogP) is 2.26. The van der Waals surface area contributed by atoms with Gasteiger partial charge in [0, 0.05) is 44.3 Å². The molecule has 10 nitrogen and oxygen atoms in total. The number of benzene rings is 1. The van der Waals surface area contributed by atoms with Crippen molar-refractivity contribution in [2.24, 2.45) is 7.05 Å². The zero-order chi connectivity index (χ0) is 24.2. The van der Waals surface area contributed by atoms with Gasteiger partial charge in [-0.3, -0.25) is 14.6 Å². The highest BCUT2D eigenvalue weighted by Crippen LogP contribution is 2.23. The molecule has 3 aromatic heterocycles. The van der Waals surface area contributed by atoms with Gasteiger partial charge in [0.05, 0.1) is 11.1 Å². The number of urea groups is 1. The van der Waals surface area contributed by atoms with Crippen LogP contribution in [0, 0.1) is 0 Å². The smallest absolute Gasteiger partial charge is 0.319 e. The second-order valence-corrected chi connectivity index (χ2v) is 7.54. The Kier molecular flexibility index (Phi) is 6.22. The third-order valence-electron chi connectivity index (χ3n) is 5.35. The molecule has 3 amide bonds. The van der Waals surface area contributed by atoms with Crippen molar-refractivity contribution < 1.29 is 9.59 Å². The van der Waals surface area contributed by atoms with Crippen LogP contribution in [0.25, 0.3) is 22.3 Å². The number of aryl methyl sites for hydroxylation is 1. The molecule has 4 rings (SSSR count). The molecule has 0 spiro atoms. The van der Waals surface area contributed by atoms with Gasteiger partial charge >= 0.3 is 6.03 Å². The van der Waals surface area contributed by atoms with Gasteiger partial charge < -0.3 is 26.3 Å². The van der Waals surface area contributed by atoms with E-state index < -0.39 is 11.3 Å². The molecule has 34 heavy (non-hydrogen) atoms. The summed E-state index contributed by atoms with van der Waals surface area (Å²) < 4.78 is 1.52. The van der Waals surface area contributed by atoms with Crippen LogP contribution in [-0.4, -0.2) is 33.5 Å². The van der Waals surface area contributed by atoms with E-state index in [0.717, 1.165) is 11.1 Å². The summed E-state index contributed by atoms with van der Waals surface area (Å²) >= 11 is 0. The zero-order valence-corrected chi connectivity index (χ0v) is 18.6. The Morgan fingerprint density at radius 1 is 1.09 bits per heavy atom. The summed E-state index contributed by atoms with van der Waals surface area (Å²) in [5.41, 5.74) is 8.74. The molecule has 0 aliphatic carbocycles. The number of pyridine rings is 3. The van der Waals surface area contributed by atoms with Gasteiger partial charge in [0.2, 0.25) is 5.43 Å². The highest BCUT2D eigenvalue weighted by atomic mass is 16.2. The average Bonchev–Trinajstić information content (AvgIpc) is 2.87. The second kappa shape index (κ2) is 9.41. The minimum absolute atomic E-state index is 0.0401. The van der Waals surface area contributed by atoms with Crippen LogP contribution >= 0.6 is 0 Å². The molecule has 0 unspecified atom stereocenters. The van der Waals surface area contributed by atoms with Crippen molar-refractivity contribution in [3.63, 3.8) is 0 Å². The van der Waals surface area contributed by atoms with Gasteiger partial charge in [-0.05, 0) is 35.9 Å². The monoisotopic (exact) mass is 457 g/mol. The Morgan fingerprint density at radius 3 is 2.53 bits per heavy atom. The first-order valence-electron chi connectivity index (χ1n) is 10.4. The molecular formula is C24H23N7O3. The lowest BCUT2D eigenvalue weighted by molar-refractivity contribution is 0.0962. The summed E-state index contributed by atoms with van der Waals surface area (Å²) in [5, 5.41) is 8.28. The van der Waals surface area contributed by atoms with Crippen molar-refractivity contribution in [3.05, 3.63) is 82.3 Å². The minimum Gasteiger partial charge on any atom is -0.384 e. The molecule has 0 saturated heterocycles. The molecule has 0 aliphatic heterocycles. The Labute approximate surface area is 194 Å². The van der Waals surface area contributed by atoms with Crippen molar-refractivity contribution in [2.75, 3.05) is 18.1 Å². The number of amides is 3. The molecule has 0 radical (unpaired) electrons. The van der Waals surface area contributed by atoms with Crippen LogP contribution in [0.4, 0.5) is 16.3 Å². The maximum Gasteiger partial charge on any atom is 0.319 e. The molecule has 1 aromatic carbocycles. The highest BCUT2D eigenvalue weighted by Gasteiger charge is 2.19. The van der Waals surface area contributed by atoms with Gasteiger partial charge in [-0.1, -0.05) is 18.2 Å². The molecule has 5 N–H and O–H groups in total. The number of aromatic nitrogens is 3. The number of anilines is 2. The van der Waals surface area contributed by atoms with E-state index in [1.165, 1.54) is 11.6 Å². The maximum atomic E-state index is 12.8. The van der Waals surface area contributed by atoms with Crippen LogP contribution < -0.4 is 27.1 Å². The lowest BCUT2D eigenvalue weighted by atomic mass is 10.1. The topological polar surface area (TPSA) is 144 Å². The first kappa shape index (κ1) is 22.5. The van der Waals surface area contributed by atoms with E-state index >= 15 is 0 Å². The number of nitrogens with two attached hydrogens (primary N) is 1. The van der Waals surface area contributed by atoms with Crippen molar-refractivity contribution in [1.82, 2.24) is 25.2 Å². The van der Waals surface area contributed by atoms with Gasteiger partial charge in [-0.25, -0.2) is 9.78 Å². The van der Waals surface area contributed by atoms with E-state index in [-0.39, 0.29) is 17.4 Å². The number of nitrogens with zero attached hydrogens (tertiary/aromatic N) is 3. The second-order valence-electron chi connectivity index (χ2n) is 7.54. The predicted molar refractivity (Wildman–Crippen MR) is 130 cm³/mol. The molecule has 0 aliphatic rings. The van der Waals surface area contributed by atoms with Crippen molar-refractivity contribution in [1.29, 1.82) is 0 Å². The van der Waals surface area contributed by atoms with E-state index in [2.05, 4.69) is 25.9 Å². The molecule has 0 atom stereocenters. The molecule has 3 heterocycles. The fraction of sp³-hybridized carbons (Fsp3) is 0.125. The SMILES string of the molecule is CNC(=O)c1c(N)n(C)c2nc(-c3ccc(NC(=O)NCc4cccnc4)cc3)ccc2c1=O. The fourth-order valence-electron chi connectivity index (χ4n) is 3.50. The van der Waals surface area contributed by atoms with Crippen LogP contribution in [0.5, 0.6) is 0 Å². The quantitative estimate of drug-likeness (QED) is 0.362. The van der Waals surface area contributed by atoms with Gasteiger partial charge in [0.15, 0.2) is 0 Å². The normalized spacial score (nSPS) is 10.6. The average molecular weight is 457 g/mol. The van der Waals surface area contributed by atoms with E-state index in [1.807, 2.05) is 24.3 Å². The van der Waals surface area contributed by atoms with E-state index in [1.54, 1.807) is 43.7 Å². The van der Waals surface area contributed by atoms with Gasteiger partial charge in [0.25, 0.3) is 5.91 Å². The van der Waals surface area contributed by atoms with Crippen LogP contribution in [0.3, 0.4) is 0 Å². The molecule has 4 aromatic rings. The van der Waals surface area contributed by atoms with Gasteiger partial charge in [-0.15, -0.1) is 0 Å². The van der Waals surface area contributed by atoms with E-state index in [4.69, 9.17) is 5.73 Å². The number of carbonyl (C=O) groups is 2.